The van der Waals surface area contributed by atoms with Gasteiger partial charge in [0.25, 0.3) is 0 Å². The lowest BCUT2D eigenvalue weighted by Gasteiger charge is -2.11. The molecule has 1 unspecified atom stereocenters. The summed E-state index contributed by atoms with van der Waals surface area (Å²) >= 11 is 4.86. The molecular formula is C9H11BrO3S. The molecule has 1 aromatic heterocycles. The number of esters is 1. The highest BCUT2D eigenvalue weighted by Crippen LogP contribution is 2.29. The summed E-state index contributed by atoms with van der Waals surface area (Å²) in [4.78, 5) is 12.4. The van der Waals surface area contributed by atoms with Gasteiger partial charge in [-0.3, -0.25) is 4.79 Å². The molecule has 0 aliphatic heterocycles. The van der Waals surface area contributed by atoms with Crippen molar-refractivity contribution in [1.82, 2.24) is 0 Å². The van der Waals surface area contributed by atoms with Crippen LogP contribution in [0.25, 0.3) is 0 Å². The van der Waals surface area contributed by atoms with Crippen LogP contribution in [0.2, 0.25) is 0 Å². The van der Waals surface area contributed by atoms with Crippen LogP contribution in [0.1, 0.15) is 10.8 Å². The normalized spacial score (nSPS) is 12.5. The van der Waals surface area contributed by atoms with Gasteiger partial charge in [-0.15, -0.1) is 11.3 Å². The number of ether oxygens (including phenoxy) is 2. The topological polar surface area (TPSA) is 35.5 Å². The smallest absolute Gasteiger partial charge is 0.316 e. The number of carbonyl (C=O) groups excluding carboxylic acids is 1. The van der Waals surface area contributed by atoms with Crippen molar-refractivity contribution in [2.45, 2.75) is 5.92 Å². The molecule has 0 saturated heterocycles. The number of rotatable bonds is 4. The summed E-state index contributed by atoms with van der Waals surface area (Å²) in [5, 5.41) is 0. The lowest BCUT2D eigenvalue weighted by molar-refractivity contribution is -0.143. The predicted molar refractivity (Wildman–Crippen MR) is 58.7 cm³/mol. The zero-order valence-electron chi connectivity index (χ0n) is 7.95. The van der Waals surface area contributed by atoms with E-state index in [1.54, 1.807) is 7.11 Å². The van der Waals surface area contributed by atoms with Crippen LogP contribution >= 0.6 is 27.3 Å². The van der Waals surface area contributed by atoms with Crippen LogP contribution in [0.5, 0.6) is 0 Å². The predicted octanol–water partition coefficient (Wildman–Crippen LogP) is 2.41. The van der Waals surface area contributed by atoms with Crippen LogP contribution in [-0.2, 0) is 14.3 Å². The summed E-state index contributed by atoms with van der Waals surface area (Å²) in [6.45, 7) is 0.347. The molecule has 5 heteroatoms. The summed E-state index contributed by atoms with van der Waals surface area (Å²) in [6, 6.07) is 3.81. The monoisotopic (exact) mass is 278 g/mol. The highest BCUT2D eigenvalue weighted by molar-refractivity contribution is 9.11. The Kier molecular flexibility index (Phi) is 4.57. The Labute approximate surface area is 95.2 Å². The van der Waals surface area contributed by atoms with Crippen LogP contribution in [0.3, 0.4) is 0 Å². The Morgan fingerprint density at radius 3 is 2.71 bits per heavy atom. The number of methoxy groups -OCH3 is 2. The number of hydrogen-bond donors (Lipinski definition) is 0. The fraction of sp³-hybridized carbons (Fsp3) is 0.444. The lowest BCUT2D eigenvalue weighted by atomic mass is 10.1. The van der Waals surface area contributed by atoms with Crippen molar-refractivity contribution >= 4 is 33.2 Å². The number of hydrogen-bond acceptors (Lipinski definition) is 4. The van der Waals surface area contributed by atoms with E-state index < -0.39 is 0 Å². The molecule has 0 N–H and O–H groups in total. The van der Waals surface area contributed by atoms with Crippen molar-refractivity contribution in [2.24, 2.45) is 0 Å². The van der Waals surface area contributed by atoms with E-state index in [1.165, 1.54) is 18.4 Å². The van der Waals surface area contributed by atoms with Gasteiger partial charge in [0.05, 0.1) is 17.5 Å². The van der Waals surface area contributed by atoms with Crippen molar-refractivity contribution in [1.29, 1.82) is 0 Å². The second-order valence-electron chi connectivity index (χ2n) is 2.67. The van der Waals surface area contributed by atoms with Crippen molar-refractivity contribution in [3.8, 4) is 0 Å². The molecule has 1 rings (SSSR count). The maximum absolute atomic E-state index is 11.4. The van der Waals surface area contributed by atoms with E-state index >= 15 is 0 Å². The highest BCUT2D eigenvalue weighted by Gasteiger charge is 2.22. The third kappa shape index (κ3) is 2.80. The van der Waals surface area contributed by atoms with E-state index in [0.717, 1.165) is 8.66 Å². The van der Waals surface area contributed by atoms with Crippen LogP contribution < -0.4 is 0 Å². The van der Waals surface area contributed by atoms with Gasteiger partial charge in [0.2, 0.25) is 0 Å². The standard InChI is InChI=1S/C9H11BrO3S/c1-12-5-6(9(11)13-2)7-3-4-8(10)14-7/h3-4,6H,5H2,1-2H3. The van der Waals surface area contributed by atoms with Crippen LogP contribution in [0, 0.1) is 0 Å². The molecule has 0 fully saturated rings. The first-order chi connectivity index (χ1) is 6.69. The molecule has 1 heterocycles. The minimum Gasteiger partial charge on any atom is -0.468 e. The highest BCUT2D eigenvalue weighted by atomic mass is 79.9. The van der Waals surface area contributed by atoms with E-state index in [9.17, 15) is 4.79 Å². The molecule has 14 heavy (non-hydrogen) atoms. The van der Waals surface area contributed by atoms with E-state index in [-0.39, 0.29) is 11.9 Å². The molecule has 0 aliphatic rings. The van der Waals surface area contributed by atoms with Crippen molar-refractivity contribution in [3.05, 3.63) is 20.8 Å². The Hall–Kier alpha value is -0.390. The first kappa shape index (κ1) is 11.7. The van der Waals surface area contributed by atoms with Crippen LogP contribution in [0.4, 0.5) is 0 Å². The summed E-state index contributed by atoms with van der Waals surface area (Å²) in [5.41, 5.74) is 0. The van der Waals surface area contributed by atoms with Crippen LogP contribution in [0.15, 0.2) is 15.9 Å². The largest absolute Gasteiger partial charge is 0.468 e. The number of halogens is 1. The Morgan fingerprint density at radius 1 is 1.57 bits per heavy atom. The van der Waals surface area contributed by atoms with Gasteiger partial charge in [0.1, 0.15) is 5.92 Å². The second-order valence-corrected chi connectivity index (χ2v) is 5.17. The zero-order chi connectivity index (χ0) is 10.6. The van der Waals surface area contributed by atoms with Gasteiger partial charge in [-0.05, 0) is 28.1 Å². The maximum atomic E-state index is 11.4. The molecule has 0 spiro atoms. The third-order valence-electron chi connectivity index (χ3n) is 1.76. The first-order valence-corrected chi connectivity index (χ1v) is 5.62. The van der Waals surface area contributed by atoms with Crippen molar-refractivity contribution in [2.75, 3.05) is 20.8 Å². The quantitative estimate of drug-likeness (QED) is 0.794. The Morgan fingerprint density at radius 2 is 2.29 bits per heavy atom. The van der Waals surface area contributed by atoms with E-state index in [0.29, 0.717) is 6.61 Å². The number of thiophene rings is 1. The summed E-state index contributed by atoms with van der Waals surface area (Å²) in [5.74, 6) is -0.581. The number of carbonyl (C=O) groups is 1. The molecule has 0 bridgehead atoms. The average Bonchev–Trinajstić information content (AvgIpc) is 2.60. The maximum Gasteiger partial charge on any atom is 0.316 e. The van der Waals surface area contributed by atoms with Gasteiger partial charge in [-0.25, -0.2) is 0 Å². The Balaban J connectivity index is 2.82. The fourth-order valence-corrected chi connectivity index (χ4v) is 2.59. The zero-order valence-corrected chi connectivity index (χ0v) is 10.4. The Bertz CT molecular complexity index is 311. The summed E-state index contributed by atoms with van der Waals surface area (Å²) < 4.78 is 10.7. The summed E-state index contributed by atoms with van der Waals surface area (Å²) in [7, 11) is 2.95. The SMILES string of the molecule is COCC(C(=O)OC)c1ccc(Br)s1. The minimum atomic E-state index is -0.318. The fourth-order valence-electron chi connectivity index (χ4n) is 1.09. The van der Waals surface area contributed by atoms with Gasteiger partial charge in [0.15, 0.2) is 0 Å². The van der Waals surface area contributed by atoms with E-state index in [1.807, 2.05) is 12.1 Å². The minimum absolute atomic E-state index is 0.263. The van der Waals surface area contributed by atoms with Crippen molar-refractivity contribution in [3.63, 3.8) is 0 Å². The van der Waals surface area contributed by atoms with Gasteiger partial charge in [-0.2, -0.15) is 0 Å². The molecule has 78 valence electrons. The molecule has 0 amide bonds. The van der Waals surface area contributed by atoms with E-state index in [2.05, 4.69) is 15.9 Å². The third-order valence-corrected chi connectivity index (χ3v) is 3.49. The lowest BCUT2D eigenvalue weighted by Crippen LogP contribution is -2.17. The van der Waals surface area contributed by atoms with Gasteiger partial charge >= 0.3 is 5.97 Å². The molecular weight excluding hydrogens is 268 g/mol. The first-order valence-electron chi connectivity index (χ1n) is 4.01. The van der Waals surface area contributed by atoms with Gasteiger partial charge in [-0.1, -0.05) is 0 Å². The molecule has 1 atom stereocenters. The van der Waals surface area contributed by atoms with Gasteiger partial charge < -0.3 is 9.47 Å². The molecule has 0 saturated carbocycles. The molecule has 1 aromatic rings. The average molecular weight is 279 g/mol. The molecule has 0 aromatic carbocycles. The molecule has 0 radical (unpaired) electrons. The second kappa shape index (κ2) is 5.48. The van der Waals surface area contributed by atoms with E-state index in [4.69, 9.17) is 9.47 Å². The summed E-state index contributed by atoms with van der Waals surface area (Å²) in [6.07, 6.45) is 0. The molecule has 3 nitrogen and oxygen atoms in total. The van der Waals surface area contributed by atoms with Crippen molar-refractivity contribution < 1.29 is 14.3 Å². The molecule has 0 aliphatic carbocycles. The van der Waals surface area contributed by atoms with Gasteiger partial charge in [0, 0.05) is 12.0 Å². The van der Waals surface area contributed by atoms with Crippen LogP contribution in [-0.4, -0.2) is 26.8 Å².